The molecule has 3 atom stereocenters. The second-order valence-electron chi connectivity index (χ2n) is 6.23. The Morgan fingerprint density at radius 1 is 1.22 bits per heavy atom. The Bertz CT molecular complexity index is 280. The lowest BCUT2D eigenvalue weighted by Crippen LogP contribution is -2.50. The van der Waals surface area contributed by atoms with Crippen molar-refractivity contribution in [2.75, 3.05) is 13.1 Å². The summed E-state index contributed by atoms with van der Waals surface area (Å²) >= 11 is 0. The van der Waals surface area contributed by atoms with Crippen molar-refractivity contribution in [2.45, 2.75) is 64.3 Å². The van der Waals surface area contributed by atoms with E-state index < -0.39 is 0 Å². The zero-order valence-corrected chi connectivity index (χ0v) is 11.7. The van der Waals surface area contributed by atoms with Gasteiger partial charge in [-0.15, -0.1) is 0 Å². The fraction of sp³-hybridized carbons (Fsp3) is 0.933. The number of hydrogen-bond acceptors (Lipinski definition) is 2. The first-order chi connectivity index (χ1) is 8.72. The zero-order chi connectivity index (χ0) is 13.0. The minimum atomic E-state index is 0.382. The van der Waals surface area contributed by atoms with Gasteiger partial charge in [-0.25, -0.2) is 0 Å². The van der Waals surface area contributed by atoms with Crippen molar-refractivity contribution in [1.82, 2.24) is 4.90 Å². The van der Waals surface area contributed by atoms with Crippen LogP contribution in [0, 0.1) is 11.8 Å². The molecule has 0 radical (unpaired) electrons. The molecule has 2 fully saturated rings. The molecule has 2 N–H and O–H groups in total. The van der Waals surface area contributed by atoms with Crippen LogP contribution in [0.5, 0.6) is 0 Å². The fourth-order valence-corrected chi connectivity index (χ4v) is 3.60. The normalized spacial score (nSPS) is 35.1. The number of nitrogens with two attached hydrogens (primary N) is 1. The van der Waals surface area contributed by atoms with Gasteiger partial charge in [0.15, 0.2) is 0 Å². The maximum Gasteiger partial charge on any atom is 0.222 e. The number of rotatable bonds is 2. The number of nitrogens with zero attached hydrogens (tertiary/aromatic N) is 1. The van der Waals surface area contributed by atoms with Crippen molar-refractivity contribution in [3.8, 4) is 0 Å². The van der Waals surface area contributed by atoms with Crippen LogP contribution in [-0.2, 0) is 4.79 Å². The van der Waals surface area contributed by atoms with Gasteiger partial charge in [0, 0.05) is 19.0 Å². The third-order valence-corrected chi connectivity index (χ3v) is 4.78. The Labute approximate surface area is 111 Å². The monoisotopic (exact) mass is 252 g/mol. The molecule has 3 nitrogen and oxygen atoms in total. The van der Waals surface area contributed by atoms with Crippen molar-refractivity contribution in [2.24, 2.45) is 17.6 Å². The van der Waals surface area contributed by atoms with Crippen LogP contribution in [0.2, 0.25) is 0 Å². The van der Waals surface area contributed by atoms with Crippen LogP contribution >= 0.6 is 0 Å². The molecule has 1 amide bonds. The SMILES string of the molecule is CC1CCC(CN)C(N2CCCCCCC2=O)C1. The molecule has 3 unspecified atom stereocenters. The third kappa shape index (κ3) is 3.25. The maximum atomic E-state index is 12.3. The summed E-state index contributed by atoms with van der Waals surface area (Å²) in [6, 6.07) is 0.421. The summed E-state index contributed by atoms with van der Waals surface area (Å²) in [5, 5.41) is 0. The van der Waals surface area contributed by atoms with Crippen LogP contribution in [0.15, 0.2) is 0 Å². The first kappa shape index (κ1) is 13.9. The fourth-order valence-electron chi connectivity index (χ4n) is 3.60. The van der Waals surface area contributed by atoms with Gasteiger partial charge in [-0.3, -0.25) is 4.79 Å². The van der Waals surface area contributed by atoms with Gasteiger partial charge in [-0.05, 0) is 44.1 Å². The molecule has 3 heteroatoms. The highest BCUT2D eigenvalue weighted by Crippen LogP contribution is 2.33. The summed E-state index contributed by atoms with van der Waals surface area (Å²) in [6.45, 7) is 4.02. The molecule has 104 valence electrons. The lowest BCUT2D eigenvalue weighted by molar-refractivity contribution is -0.136. The molecule has 2 rings (SSSR count). The van der Waals surface area contributed by atoms with Gasteiger partial charge < -0.3 is 10.6 Å². The summed E-state index contributed by atoms with van der Waals surface area (Å²) in [6.07, 6.45) is 9.14. The molecule has 1 saturated carbocycles. The van der Waals surface area contributed by atoms with E-state index in [1.807, 2.05) is 0 Å². The lowest BCUT2D eigenvalue weighted by Gasteiger charge is -2.42. The van der Waals surface area contributed by atoms with E-state index in [1.165, 1.54) is 32.1 Å². The molecular formula is C15H28N2O. The van der Waals surface area contributed by atoms with Gasteiger partial charge in [-0.2, -0.15) is 0 Å². The molecule has 0 bridgehead atoms. The predicted molar refractivity (Wildman–Crippen MR) is 74.1 cm³/mol. The van der Waals surface area contributed by atoms with Gasteiger partial charge in [-0.1, -0.05) is 26.2 Å². The molecular weight excluding hydrogens is 224 g/mol. The van der Waals surface area contributed by atoms with E-state index in [1.54, 1.807) is 0 Å². The average molecular weight is 252 g/mol. The van der Waals surface area contributed by atoms with Crippen LogP contribution in [0.4, 0.5) is 0 Å². The summed E-state index contributed by atoms with van der Waals surface area (Å²) < 4.78 is 0. The van der Waals surface area contributed by atoms with E-state index in [9.17, 15) is 4.79 Å². The lowest BCUT2D eigenvalue weighted by atomic mass is 9.78. The second kappa shape index (κ2) is 6.55. The number of amides is 1. The molecule has 2 aliphatic rings. The van der Waals surface area contributed by atoms with Crippen LogP contribution < -0.4 is 5.73 Å². The Kier molecular flexibility index (Phi) is 5.04. The van der Waals surface area contributed by atoms with E-state index in [0.717, 1.165) is 38.3 Å². The van der Waals surface area contributed by atoms with Crippen molar-refractivity contribution >= 4 is 5.91 Å². The molecule has 1 saturated heterocycles. The quantitative estimate of drug-likeness (QED) is 0.821. The minimum absolute atomic E-state index is 0.382. The van der Waals surface area contributed by atoms with Gasteiger partial charge >= 0.3 is 0 Å². The molecule has 1 aliphatic heterocycles. The molecule has 18 heavy (non-hydrogen) atoms. The van der Waals surface area contributed by atoms with Crippen LogP contribution in [0.1, 0.15) is 58.3 Å². The predicted octanol–water partition coefficient (Wildman–Crippen LogP) is 2.54. The topological polar surface area (TPSA) is 46.3 Å². The first-order valence-corrected chi connectivity index (χ1v) is 7.72. The van der Waals surface area contributed by atoms with E-state index in [0.29, 0.717) is 17.9 Å². The van der Waals surface area contributed by atoms with E-state index in [4.69, 9.17) is 5.73 Å². The Morgan fingerprint density at radius 2 is 2.00 bits per heavy atom. The third-order valence-electron chi connectivity index (χ3n) is 4.78. The highest BCUT2D eigenvalue weighted by atomic mass is 16.2. The second-order valence-corrected chi connectivity index (χ2v) is 6.23. The molecule has 0 aromatic rings. The number of carbonyl (C=O) groups is 1. The zero-order valence-electron chi connectivity index (χ0n) is 11.7. The highest BCUT2D eigenvalue weighted by molar-refractivity contribution is 5.76. The van der Waals surface area contributed by atoms with Crippen LogP contribution in [0.25, 0.3) is 0 Å². The maximum absolute atomic E-state index is 12.3. The summed E-state index contributed by atoms with van der Waals surface area (Å²) in [5.41, 5.74) is 5.92. The Balaban J connectivity index is 2.06. The smallest absolute Gasteiger partial charge is 0.222 e. The molecule has 1 heterocycles. The van der Waals surface area contributed by atoms with Gasteiger partial charge in [0.1, 0.15) is 0 Å². The van der Waals surface area contributed by atoms with Crippen molar-refractivity contribution in [1.29, 1.82) is 0 Å². The Morgan fingerprint density at radius 3 is 2.78 bits per heavy atom. The van der Waals surface area contributed by atoms with Gasteiger partial charge in [0.2, 0.25) is 5.91 Å². The van der Waals surface area contributed by atoms with Gasteiger partial charge in [0.25, 0.3) is 0 Å². The Hall–Kier alpha value is -0.570. The molecule has 0 spiro atoms. The molecule has 0 aromatic carbocycles. The van der Waals surface area contributed by atoms with Crippen molar-refractivity contribution in [3.05, 3.63) is 0 Å². The summed E-state index contributed by atoms with van der Waals surface area (Å²) in [4.78, 5) is 14.5. The summed E-state index contributed by atoms with van der Waals surface area (Å²) in [7, 11) is 0. The largest absolute Gasteiger partial charge is 0.339 e. The van der Waals surface area contributed by atoms with E-state index in [-0.39, 0.29) is 0 Å². The summed E-state index contributed by atoms with van der Waals surface area (Å²) in [5.74, 6) is 1.66. The van der Waals surface area contributed by atoms with E-state index >= 15 is 0 Å². The number of hydrogen-bond donors (Lipinski definition) is 1. The molecule has 1 aliphatic carbocycles. The first-order valence-electron chi connectivity index (χ1n) is 7.72. The van der Waals surface area contributed by atoms with Crippen LogP contribution in [0.3, 0.4) is 0 Å². The standard InChI is InChI=1S/C15H28N2O/c1-12-7-8-13(11-16)14(10-12)17-9-5-3-2-4-6-15(17)18/h12-14H,2-11,16H2,1H3. The number of carbonyl (C=O) groups excluding carboxylic acids is 1. The van der Waals surface area contributed by atoms with Gasteiger partial charge in [0.05, 0.1) is 0 Å². The number of likely N-dealkylation sites (tertiary alicyclic amines) is 1. The van der Waals surface area contributed by atoms with E-state index in [2.05, 4.69) is 11.8 Å². The van der Waals surface area contributed by atoms with Crippen molar-refractivity contribution in [3.63, 3.8) is 0 Å². The highest BCUT2D eigenvalue weighted by Gasteiger charge is 2.34. The molecule has 0 aromatic heterocycles. The minimum Gasteiger partial charge on any atom is -0.339 e. The average Bonchev–Trinajstić information content (AvgIpc) is 2.34. The van der Waals surface area contributed by atoms with Crippen LogP contribution in [-0.4, -0.2) is 29.9 Å². The van der Waals surface area contributed by atoms with Crippen molar-refractivity contribution < 1.29 is 4.79 Å².